The van der Waals surface area contributed by atoms with Crippen molar-refractivity contribution in [3.63, 3.8) is 0 Å². The van der Waals surface area contributed by atoms with Gasteiger partial charge in [-0.3, -0.25) is 4.68 Å². The largest absolute Gasteiger partial charge is 0.309 e. The Morgan fingerprint density at radius 1 is 1.89 bits per heavy atom. The number of hydrogen-bond donors (Lipinski definition) is 2. The standard InChI is InChI=1S/C4H7BrN4/c1-9-4(7-6)2-3(5)8-9/h2,7H,6H2,1H3. The summed E-state index contributed by atoms with van der Waals surface area (Å²) in [5.41, 5.74) is 2.49. The molecule has 3 N–H and O–H groups in total. The van der Waals surface area contributed by atoms with Crippen molar-refractivity contribution < 1.29 is 0 Å². The van der Waals surface area contributed by atoms with Gasteiger partial charge in [0.2, 0.25) is 0 Å². The van der Waals surface area contributed by atoms with Crippen molar-refractivity contribution in [3.05, 3.63) is 10.7 Å². The van der Waals surface area contributed by atoms with Gasteiger partial charge in [-0.1, -0.05) is 0 Å². The molecule has 1 rings (SSSR count). The summed E-state index contributed by atoms with van der Waals surface area (Å²) in [5.74, 6) is 5.91. The van der Waals surface area contributed by atoms with Gasteiger partial charge in [0.15, 0.2) is 0 Å². The highest BCUT2D eigenvalue weighted by Gasteiger charge is 1.97. The Balaban J connectivity index is 3.01. The highest BCUT2D eigenvalue weighted by molar-refractivity contribution is 9.10. The summed E-state index contributed by atoms with van der Waals surface area (Å²) in [5, 5.41) is 3.97. The van der Waals surface area contributed by atoms with Crippen LogP contribution in [0.5, 0.6) is 0 Å². The number of nitrogen functional groups attached to an aromatic ring is 1. The van der Waals surface area contributed by atoms with Crippen LogP contribution in [0, 0.1) is 0 Å². The molecule has 1 aromatic rings. The molecule has 4 nitrogen and oxygen atoms in total. The highest BCUT2D eigenvalue weighted by Crippen LogP contribution is 2.11. The van der Waals surface area contributed by atoms with Gasteiger partial charge in [0.05, 0.1) is 0 Å². The van der Waals surface area contributed by atoms with E-state index in [-0.39, 0.29) is 0 Å². The SMILES string of the molecule is Cn1nc(Br)cc1NN. The van der Waals surface area contributed by atoms with Crippen LogP contribution in [-0.2, 0) is 7.05 Å². The minimum atomic E-state index is 0.776. The number of aryl methyl sites for hydroxylation is 1. The van der Waals surface area contributed by atoms with E-state index in [4.69, 9.17) is 5.84 Å². The molecule has 5 heteroatoms. The Labute approximate surface area is 61.1 Å². The normalized spacial score (nSPS) is 9.67. The van der Waals surface area contributed by atoms with Crippen molar-refractivity contribution in [2.24, 2.45) is 12.9 Å². The first-order valence-corrected chi connectivity index (χ1v) is 3.19. The molecule has 0 bridgehead atoms. The Hall–Kier alpha value is -0.550. The van der Waals surface area contributed by atoms with Gasteiger partial charge in [0, 0.05) is 13.1 Å². The van der Waals surface area contributed by atoms with Gasteiger partial charge in [-0.2, -0.15) is 5.10 Å². The molecule has 0 aliphatic carbocycles. The van der Waals surface area contributed by atoms with Gasteiger partial charge in [-0.15, -0.1) is 0 Å². The van der Waals surface area contributed by atoms with E-state index >= 15 is 0 Å². The van der Waals surface area contributed by atoms with E-state index in [2.05, 4.69) is 26.5 Å². The average molecular weight is 191 g/mol. The number of rotatable bonds is 1. The molecule has 50 valence electrons. The maximum atomic E-state index is 5.13. The second kappa shape index (κ2) is 2.36. The summed E-state index contributed by atoms with van der Waals surface area (Å²) in [7, 11) is 1.81. The van der Waals surface area contributed by atoms with E-state index < -0.39 is 0 Å². The van der Waals surface area contributed by atoms with Gasteiger partial charge in [-0.05, 0) is 15.9 Å². The zero-order valence-electron chi connectivity index (χ0n) is 4.93. The van der Waals surface area contributed by atoms with Crippen molar-refractivity contribution in [3.8, 4) is 0 Å². The lowest BCUT2D eigenvalue weighted by atomic mass is 10.6. The first-order valence-electron chi connectivity index (χ1n) is 2.40. The number of hydrazine groups is 1. The number of nitrogens with one attached hydrogen (secondary N) is 1. The van der Waals surface area contributed by atoms with Gasteiger partial charge in [0.1, 0.15) is 10.4 Å². The molecule has 0 fully saturated rings. The van der Waals surface area contributed by atoms with Gasteiger partial charge >= 0.3 is 0 Å². The lowest BCUT2D eigenvalue weighted by Gasteiger charge is -1.95. The maximum Gasteiger partial charge on any atom is 0.139 e. The first kappa shape index (κ1) is 6.57. The van der Waals surface area contributed by atoms with Crippen LogP contribution < -0.4 is 11.3 Å². The molecule has 0 aromatic carbocycles. The van der Waals surface area contributed by atoms with Crippen molar-refractivity contribution in [1.29, 1.82) is 0 Å². The average Bonchev–Trinajstić information content (AvgIpc) is 2.10. The molecule has 0 amide bonds. The quantitative estimate of drug-likeness (QED) is 0.501. The Morgan fingerprint density at radius 2 is 2.56 bits per heavy atom. The summed E-state index contributed by atoms with van der Waals surface area (Å²) in [6.07, 6.45) is 0. The third-order valence-electron chi connectivity index (χ3n) is 0.998. The molecule has 0 saturated carbocycles. The molecule has 0 atom stereocenters. The van der Waals surface area contributed by atoms with Crippen LogP contribution in [0.25, 0.3) is 0 Å². The lowest BCUT2D eigenvalue weighted by molar-refractivity contribution is 0.764. The van der Waals surface area contributed by atoms with Crippen molar-refractivity contribution >= 4 is 21.7 Å². The second-order valence-corrected chi connectivity index (χ2v) is 2.43. The van der Waals surface area contributed by atoms with Gasteiger partial charge in [-0.25, -0.2) is 5.84 Å². The number of nitrogens with two attached hydrogens (primary N) is 1. The van der Waals surface area contributed by atoms with E-state index in [0.29, 0.717) is 0 Å². The Morgan fingerprint density at radius 3 is 2.78 bits per heavy atom. The molecule has 0 aliphatic heterocycles. The highest BCUT2D eigenvalue weighted by atomic mass is 79.9. The van der Waals surface area contributed by atoms with E-state index in [1.54, 1.807) is 17.8 Å². The number of nitrogens with zero attached hydrogens (tertiary/aromatic N) is 2. The van der Waals surface area contributed by atoms with Crippen LogP contribution in [0.2, 0.25) is 0 Å². The molecule has 0 unspecified atom stereocenters. The molecule has 1 heterocycles. The lowest BCUT2D eigenvalue weighted by Crippen LogP contribution is -2.10. The van der Waals surface area contributed by atoms with Crippen LogP contribution in [0.15, 0.2) is 10.7 Å². The summed E-state index contributed by atoms with van der Waals surface area (Å²) < 4.78 is 2.42. The van der Waals surface area contributed by atoms with E-state index in [9.17, 15) is 0 Å². The number of hydrogen-bond acceptors (Lipinski definition) is 3. The molecular weight excluding hydrogens is 184 g/mol. The fourth-order valence-corrected chi connectivity index (χ4v) is 1.02. The third-order valence-corrected chi connectivity index (χ3v) is 1.39. The number of aromatic nitrogens is 2. The van der Waals surface area contributed by atoms with Crippen LogP contribution in [0.1, 0.15) is 0 Å². The van der Waals surface area contributed by atoms with Crippen LogP contribution in [-0.4, -0.2) is 9.78 Å². The zero-order chi connectivity index (χ0) is 6.85. The van der Waals surface area contributed by atoms with Gasteiger partial charge < -0.3 is 5.43 Å². The Kier molecular flexibility index (Phi) is 1.73. The minimum Gasteiger partial charge on any atom is -0.309 e. The fraction of sp³-hybridized carbons (Fsp3) is 0.250. The van der Waals surface area contributed by atoms with Crippen molar-refractivity contribution in [2.45, 2.75) is 0 Å². The topological polar surface area (TPSA) is 55.9 Å². The second-order valence-electron chi connectivity index (χ2n) is 1.62. The van der Waals surface area contributed by atoms with Crippen molar-refractivity contribution in [2.75, 3.05) is 5.43 Å². The molecule has 9 heavy (non-hydrogen) atoms. The zero-order valence-corrected chi connectivity index (χ0v) is 6.51. The predicted octanol–water partition coefficient (Wildman–Crippen LogP) is 0.468. The molecule has 0 saturated heterocycles. The molecule has 0 spiro atoms. The first-order chi connectivity index (χ1) is 4.24. The molecule has 1 aromatic heterocycles. The fourth-order valence-electron chi connectivity index (χ4n) is 0.567. The summed E-state index contributed by atoms with van der Waals surface area (Å²) in [6.45, 7) is 0. The molecule has 0 radical (unpaired) electrons. The smallest absolute Gasteiger partial charge is 0.139 e. The summed E-state index contributed by atoms with van der Waals surface area (Å²) in [4.78, 5) is 0. The van der Waals surface area contributed by atoms with Crippen LogP contribution in [0.4, 0.5) is 5.82 Å². The summed E-state index contributed by atoms with van der Waals surface area (Å²) >= 11 is 3.20. The predicted molar refractivity (Wildman–Crippen MR) is 38.7 cm³/mol. The van der Waals surface area contributed by atoms with Crippen molar-refractivity contribution in [1.82, 2.24) is 9.78 Å². The molecule has 0 aliphatic rings. The maximum absolute atomic E-state index is 5.13. The van der Waals surface area contributed by atoms with Crippen LogP contribution in [0.3, 0.4) is 0 Å². The van der Waals surface area contributed by atoms with E-state index in [1.807, 2.05) is 0 Å². The number of halogens is 1. The Bertz CT molecular complexity index is 206. The van der Waals surface area contributed by atoms with Gasteiger partial charge in [0.25, 0.3) is 0 Å². The minimum absolute atomic E-state index is 0.776. The summed E-state index contributed by atoms with van der Waals surface area (Å²) in [6, 6.07) is 1.79. The van der Waals surface area contributed by atoms with E-state index in [0.717, 1.165) is 10.4 Å². The van der Waals surface area contributed by atoms with Crippen LogP contribution >= 0.6 is 15.9 Å². The number of anilines is 1. The molecular formula is C4H7BrN4. The monoisotopic (exact) mass is 190 g/mol. The third kappa shape index (κ3) is 1.22. The van der Waals surface area contributed by atoms with E-state index in [1.165, 1.54) is 0 Å².